The third-order valence-electron chi connectivity index (χ3n) is 6.89. The predicted molar refractivity (Wildman–Crippen MR) is 157 cm³/mol. The van der Waals surface area contributed by atoms with Gasteiger partial charge in [-0.2, -0.15) is 0 Å². The number of nitrogens with zero attached hydrogens (tertiary/aromatic N) is 2. The van der Waals surface area contributed by atoms with E-state index in [1.165, 1.54) is 0 Å². The number of fused-ring (bicyclic) bond motifs is 1. The fraction of sp³-hybridized carbons (Fsp3) is 0.290. The summed E-state index contributed by atoms with van der Waals surface area (Å²) in [5.41, 5.74) is 4.05. The van der Waals surface area contributed by atoms with Gasteiger partial charge in [0.15, 0.2) is 0 Å². The molecule has 0 spiro atoms. The molecule has 5 rings (SSSR count). The molecule has 8 heteroatoms. The smallest absolute Gasteiger partial charge is 0.409 e. The first-order valence-electron chi connectivity index (χ1n) is 13.3. The zero-order valence-corrected chi connectivity index (χ0v) is 23.6. The summed E-state index contributed by atoms with van der Waals surface area (Å²) in [6.07, 6.45) is 1.70. The van der Waals surface area contributed by atoms with Crippen LogP contribution in [-0.2, 0) is 11.3 Å². The summed E-state index contributed by atoms with van der Waals surface area (Å²) < 4.78 is 12.5. The molecule has 202 valence electrons. The SMILES string of the molecule is CCCCOC(=O)N1CCN(Cc2ccc3cc(-c4ccccc4NC(=O)c4ccc(Br)cc4)oc3c2)CC1. The molecule has 4 aromatic rings. The van der Waals surface area contributed by atoms with Gasteiger partial charge >= 0.3 is 6.09 Å². The van der Waals surface area contributed by atoms with Gasteiger partial charge in [0.05, 0.1) is 12.3 Å². The predicted octanol–water partition coefficient (Wildman–Crippen LogP) is 7.17. The summed E-state index contributed by atoms with van der Waals surface area (Å²) in [4.78, 5) is 29.2. The summed E-state index contributed by atoms with van der Waals surface area (Å²) in [5.74, 6) is 0.520. The second-order valence-electron chi connectivity index (χ2n) is 9.72. The van der Waals surface area contributed by atoms with Crippen molar-refractivity contribution in [2.24, 2.45) is 0 Å². The summed E-state index contributed by atoms with van der Waals surface area (Å²) >= 11 is 3.40. The molecule has 1 aliphatic heterocycles. The third kappa shape index (κ3) is 6.69. The van der Waals surface area contributed by atoms with E-state index in [1.807, 2.05) is 42.5 Å². The lowest BCUT2D eigenvalue weighted by molar-refractivity contribution is 0.0737. The van der Waals surface area contributed by atoms with Crippen molar-refractivity contribution in [1.82, 2.24) is 9.80 Å². The van der Waals surface area contributed by atoms with E-state index in [-0.39, 0.29) is 12.0 Å². The minimum atomic E-state index is -0.207. The van der Waals surface area contributed by atoms with Crippen LogP contribution in [0.2, 0.25) is 0 Å². The molecule has 3 aromatic carbocycles. The van der Waals surface area contributed by atoms with Crippen molar-refractivity contribution in [3.05, 3.63) is 88.4 Å². The van der Waals surface area contributed by atoms with Crippen molar-refractivity contribution in [3.8, 4) is 11.3 Å². The highest BCUT2D eigenvalue weighted by molar-refractivity contribution is 9.10. The highest BCUT2D eigenvalue weighted by atomic mass is 79.9. The number of halogens is 1. The number of hydrogen-bond donors (Lipinski definition) is 1. The molecule has 7 nitrogen and oxygen atoms in total. The molecule has 1 aliphatic rings. The number of unbranched alkanes of at least 4 members (excludes halogenated alkanes) is 1. The Morgan fingerprint density at radius 3 is 2.51 bits per heavy atom. The molecular formula is C31H32BrN3O4. The topological polar surface area (TPSA) is 75.0 Å². The van der Waals surface area contributed by atoms with Crippen LogP contribution in [0, 0.1) is 0 Å². The van der Waals surface area contributed by atoms with Gasteiger partial charge in [0.25, 0.3) is 5.91 Å². The van der Waals surface area contributed by atoms with Crippen molar-refractivity contribution in [2.75, 3.05) is 38.1 Å². The molecule has 39 heavy (non-hydrogen) atoms. The Morgan fingerprint density at radius 1 is 0.974 bits per heavy atom. The maximum atomic E-state index is 12.8. The Balaban J connectivity index is 1.25. The summed E-state index contributed by atoms with van der Waals surface area (Å²) in [7, 11) is 0. The number of carbonyl (C=O) groups excluding carboxylic acids is 2. The number of nitrogens with one attached hydrogen (secondary N) is 1. The van der Waals surface area contributed by atoms with E-state index >= 15 is 0 Å². The second-order valence-corrected chi connectivity index (χ2v) is 10.6. The van der Waals surface area contributed by atoms with Gasteiger partial charge in [0.2, 0.25) is 0 Å². The monoisotopic (exact) mass is 589 g/mol. The number of carbonyl (C=O) groups is 2. The average molecular weight is 591 g/mol. The number of furan rings is 1. The maximum absolute atomic E-state index is 12.8. The second kappa shape index (κ2) is 12.5. The minimum Gasteiger partial charge on any atom is -0.456 e. The van der Waals surface area contributed by atoms with E-state index in [2.05, 4.69) is 51.3 Å². The quantitative estimate of drug-likeness (QED) is 0.220. The zero-order valence-electron chi connectivity index (χ0n) is 22.0. The standard InChI is InChI=1S/C31H32BrN3O4/c1-2-3-18-38-31(37)35-16-14-34(15-17-35)21-22-8-9-24-20-29(39-28(24)19-22)26-6-4-5-7-27(26)33-30(36)23-10-12-25(32)13-11-23/h4-13,19-20H,2-3,14-18,21H2,1H3,(H,33,36). The van der Waals surface area contributed by atoms with Gasteiger partial charge in [-0.25, -0.2) is 4.79 Å². The van der Waals surface area contributed by atoms with Gasteiger partial charge in [-0.3, -0.25) is 9.69 Å². The molecule has 0 atom stereocenters. The zero-order chi connectivity index (χ0) is 27.2. The van der Waals surface area contributed by atoms with Crippen LogP contribution in [0.15, 0.2) is 81.7 Å². The first-order chi connectivity index (χ1) is 19.0. The molecule has 0 saturated carbocycles. The van der Waals surface area contributed by atoms with Crippen LogP contribution in [0.25, 0.3) is 22.3 Å². The number of benzene rings is 3. The largest absolute Gasteiger partial charge is 0.456 e. The number of hydrogen-bond acceptors (Lipinski definition) is 5. The van der Waals surface area contributed by atoms with Crippen LogP contribution >= 0.6 is 15.9 Å². The van der Waals surface area contributed by atoms with Crippen molar-refractivity contribution >= 4 is 44.6 Å². The lowest BCUT2D eigenvalue weighted by atomic mass is 10.1. The Labute approximate surface area is 236 Å². The fourth-order valence-electron chi connectivity index (χ4n) is 4.65. The molecule has 1 saturated heterocycles. The van der Waals surface area contributed by atoms with Crippen molar-refractivity contribution in [2.45, 2.75) is 26.3 Å². The molecule has 1 aromatic heterocycles. The Bertz CT molecular complexity index is 1440. The van der Waals surface area contributed by atoms with Crippen LogP contribution in [0.5, 0.6) is 0 Å². The van der Waals surface area contributed by atoms with E-state index in [1.54, 1.807) is 17.0 Å². The number of para-hydroxylation sites is 1. The molecule has 1 N–H and O–H groups in total. The van der Waals surface area contributed by atoms with E-state index in [9.17, 15) is 9.59 Å². The van der Waals surface area contributed by atoms with Crippen LogP contribution < -0.4 is 5.32 Å². The fourth-order valence-corrected chi connectivity index (χ4v) is 4.92. The Hall–Kier alpha value is -3.62. The van der Waals surface area contributed by atoms with Crippen LogP contribution in [0.1, 0.15) is 35.7 Å². The molecule has 2 heterocycles. The molecule has 0 bridgehead atoms. The first-order valence-corrected chi connectivity index (χ1v) is 14.1. The molecular weight excluding hydrogens is 558 g/mol. The van der Waals surface area contributed by atoms with Crippen LogP contribution in [0.3, 0.4) is 0 Å². The van der Waals surface area contributed by atoms with Gasteiger partial charge in [0, 0.05) is 53.7 Å². The van der Waals surface area contributed by atoms with Gasteiger partial charge in [-0.05, 0) is 60.5 Å². The Morgan fingerprint density at radius 2 is 1.74 bits per heavy atom. The molecule has 1 fully saturated rings. The number of piperazine rings is 1. The normalized spacial score (nSPS) is 13.9. The van der Waals surface area contributed by atoms with Crippen LogP contribution in [0.4, 0.5) is 10.5 Å². The van der Waals surface area contributed by atoms with Crippen molar-refractivity contribution < 1.29 is 18.7 Å². The highest BCUT2D eigenvalue weighted by Gasteiger charge is 2.22. The van der Waals surface area contributed by atoms with E-state index in [0.29, 0.717) is 36.7 Å². The van der Waals surface area contributed by atoms with Crippen LogP contribution in [-0.4, -0.2) is 54.6 Å². The lowest BCUT2D eigenvalue weighted by Gasteiger charge is -2.34. The van der Waals surface area contributed by atoms with E-state index < -0.39 is 0 Å². The van der Waals surface area contributed by atoms with Crippen molar-refractivity contribution in [3.63, 3.8) is 0 Å². The summed E-state index contributed by atoms with van der Waals surface area (Å²) in [6, 6.07) is 23.2. The van der Waals surface area contributed by atoms with Crippen molar-refractivity contribution in [1.29, 1.82) is 0 Å². The lowest BCUT2D eigenvalue weighted by Crippen LogP contribution is -2.48. The number of amides is 2. The number of rotatable bonds is 8. The average Bonchev–Trinajstić information content (AvgIpc) is 3.37. The Kier molecular flexibility index (Phi) is 8.64. The molecule has 0 unspecified atom stereocenters. The number of ether oxygens (including phenoxy) is 1. The van der Waals surface area contributed by atoms with Gasteiger partial charge < -0.3 is 19.4 Å². The highest BCUT2D eigenvalue weighted by Crippen LogP contribution is 2.33. The number of anilines is 1. The molecule has 0 aliphatic carbocycles. The third-order valence-corrected chi connectivity index (χ3v) is 7.42. The molecule has 0 radical (unpaired) electrons. The van der Waals surface area contributed by atoms with Gasteiger partial charge in [-0.15, -0.1) is 0 Å². The van der Waals surface area contributed by atoms with Gasteiger partial charge in [0.1, 0.15) is 11.3 Å². The van der Waals surface area contributed by atoms with E-state index in [0.717, 1.165) is 59.0 Å². The summed E-state index contributed by atoms with van der Waals surface area (Å²) in [6.45, 7) is 6.29. The minimum absolute atomic E-state index is 0.178. The maximum Gasteiger partial charge on any atom is 0.409 e. The van der Waals surface area contributed by atoms with E-state index in [4.69, 9.17) is 9.15 Å². The molecule has 2 amide bonds. The van der Waals surface area contributed by atoms with Gasteiger partial charge in [-0.1, -0.05) is 53.5 Å². The summed E-state index contributed by atoms with van der Waals surface area (Å²) in [5, 5.41) is 4.02. The first kappa shape index (κ1) is 27.0.